The van der Waals surface area contributed by atoms with Crippen LogP contribution in [0.3, 0.4) is 0 Å². The van der Waals surface area contributed by atoms with Crippen LogP contribution in [0.25, 0.3) is 10.1 Å². The van der Waals surface area contributed by atoms with Crippen molar-refractivity contribution < 1.29 is 14.3 Å². The Labute approximate surface area is 163 Å². The van der Waals surface area contributed by atoms with Gasteiger partial charge in [-0.15, -0.1) is 0 Å². The van der Waals surface area contributed by atoms with Crippen molar-refractivity contribution in [3.05, 3.63) is 69.8 Å². The Kier molecular flexibility index (Phi) is 6.08. The van der Waals surface area contributed by atoms with Gasteiger partial charge >= 0.3 is 164 Å². The van der Waals surface area contributed by atoms with E-state index in [1.807, 2.05) is 43.3 Å². The first-order chi connectivity index (χ1) is 13.1. The van der Waals surface area contributed by atoms with E-state index in [-0.39, 0.29) is 20.5 Å². The van der Waals surface area contributed by atoms with Crippen molar-refractivity contribution in [2.75, 3.05) is 6.61 Å². The Hall–Kier alpha value is -2.87. The number of ether oxygens (including phenoxy) is 2. The summed E-state index contributed by atoms with van der Waals surface area (Å²) in [5, 5.41) is 9.50. The number of hydrogen-bond acceptors (Lipinski definition) is 5. The molecule has 0 unspecified atom stereocenters. The van der Waals surface area contributed by atoms with Gasteiger partial charge in [0.05, 0.1) is 0 Å². The average Bonchev–Trinajstić information content (AvgIpc) is 3.09. The molecule has 27 heavy (non-hydrogen) atoms. The first kappa shape index (κ1) is 18.9. The minimum absolute atomic E-state index is 0.241. The van der Waals surface area contributed by atoms with Crippen LogP contribution in [0.4, 0.5) is 0 Å². The predicted molar refractivity (Wildman–Crippen MR) is 103 cm³/mol. The molecule has 0 aliphatic heterocycles. The Morgan fingerprint density at radius 3 is 2.70 bits per heavy atom. The molecule has 0 spiro atoms. The molecule has 0 aliphatic carbocycles. The third-order valence-corrected chi connectivity index (χ3v) is 6.33. The molecule has 1 aromatic heterocycles. The van der Waals surface area contributed by atoms with E-state index in [4.69, 9.17) is 9.47 Å². The van der Waals surface area contributed by atoms with Crippen LogP contribution in [0, 0.1) is 18.3 Å². The van der Waals surface area contributed by atoms with Gasteiger partial charge in [0.25, 0.3) is 0 Å². The third kappa shape index (κ3) is 4.46. The molecule has 0 radical (unpaired) electrons. The van der Waals surface area contributed by atoms with Crippen LogP contribution < -0.4 is 4.74 Å². The summed E-state index contributed by atoms with van der Waals surface area (Å²) in [6.45, 7) is 4.33. The molecule has 0 fully saturated rings. The van der Waals surface area contributed by atoms with Crippen LogP contribution in [0.5, 0.6) is 5.75 Å². The van der Waals surface area contributed by atoms with E-state index < -0.39 is 0 Å². The van der Waals surface area contributed by atoms with Gasteiger partial charge in [-0.2, -0.15) is 0 Å². The van der Waals surface area contributed by atoms with Crippen LogP contribution in [-0.2, 0) is 11.3 Å². The maximum atomic E-state index is 12.0. The number of hydrogen-bond donors (Lipinski definition) is 0. The van der Waals surface area contributed by atoms with Crippen LogP contribution in [0.15, 0.2) is 48.5 Å². The Bertz CT molecular complexity index is 990. The number of esters is 1. The summed E-state index contributed by atoms with van der Waals surface area (Å²) in [5.41, 5.74) is 3.00. The summed E-state index contributed by atoms with van der Waals surface area (Å²) in [6, 6.07) is 17.4. The summed E-state index contributed by atoms with van der Waals surface area (Å²) in [4.78, 5) is 16.5. The van der Waals surface area contributed by atoms with Gasteiger partial charge < -0.3 is 0 Å². The molecule has 0 atom stereocenters. The SMILES string of the molecule is CCOC(=O)c1[se]c(-c2ccc(OCc3ccccc3)c(C#N)c2)nc1C. The molecule has 3 rings (SSSR count). The number of aryl methyl sites for hydroxylation is 1. The number of nitriles is 1. The van der Waals surface area contributed by atoms with Crippen LogP contribution in [0.2, 0.25) is 0 Å². The zero-order valence-corrected chi connectivity index (χ0v) is 16.8. The molecule has 2 aromatic carbocycles. The fourth-order valence-corrected chi connectivity index (χ4v) is 4.52. The Morgan fingerprint density at radius 1 is 1.22 bits per heavy atom. The van der Waals surface area contributed by atoms with Crippen molar-refractivity contribution in [3.8, 4) is 22.0 Å². The van der Waals surface area contributed by atoms with Gasteiger partial charge in [-0.05, 0) is 0 Å². The Balaban J connectivity index is 1.83. The van der Waals surface area contributed by atoms with Crippen LogP contribution >= 0.6 is 0 Å². The number of carbonyl (C=O) groups is 1. The molecule has 0 saturated carbocycles. The second kappa shape index (κ2) is 8.68. The van der Waals surface area contributed by atoms with Gasteiger partial charge in [-0.25, -0.2) is 0 Å². The molecule has 5 nitrogen and oxygen atoms in total. The molecule has 0 saturated heterocycles. The fourth-order valence-electron chi connectivity index (χ4n) is 2.52. The second-order valence-corrected chi connectivity index (χ2v) is 7.85. The van der Waals surface area contributed by atoms with E-state index in [9.17, 15) is 10.1 Å². The van der Waals surface area contributed by atoms with Crippen molar-refractivity contribution in [1.29, 1.82) is 5.26 Å². The van der Waals surface area contributed by atoms with Crippen molar-refractivity contribution >= 4 is 20.5 Å². The zero-order chi connectivity index (χ0) is 19.2. The molecule has 0 N–H and O–H groups in total. The quantitative estimate of drug-likeness (QED) is 0.445. The summed E-state index contributed by atoms with van der Waals surface area (Å²) in [7, 11) is 0. The van der Waals surface area contributed by atoms with Gasteiger partial charge in [-0.1, -0.05) is 0 Å². The van der Waals surface area contributed by atoms with Crippen molar-refractivity contribution in [3.63, 3.8) is 0 Å². The van der Waals surface area contributed by atoms with Crippen LogP contribution in [-0.4, -0.2) is 32.1 Å². The first-order valence-electron chi connectivity index (χ1n) is 8.48. The summed E-state index contributed by atoms with van der Waals surface area (Å²) < 4.78 is 12.3. The fraction of sp³-hybridized carbons (Fsp3) is 0.190. The number of benzene rings is 2. The predicted octanol–water partition coefficient (Wildman–Crippen LogP) is 3.74. The molecule has 6 heteroatoms. The number of rotatable bonds is 6. The van der Waals surface area contributed by atoms with Crippen molar-refractivity contribution in [2.45, 2.75) is 20.5 Å². The van der Waals surface area contributed by atoms with Gasteiger partial charge in [0.2, 0.25) is 0 Å². The minimum atomic E-state index is -0.308. The summed E-state index contributed by atoms with van der Waals surface area (Å²) in [5.74, 6) is 0.226. The molecular formula is C21H18N2O3Se. The van der Waals surface area contributed by atoms with Crippen molar-refractivity contribution in [2.24, 2.45) is 0 Å². The van der Waals surface area contributed by atoms with Gasteiger partial charge in [0, 0.05) is 0 Å². The van der Waals surface area contributed by atoms with Crippen molar-refractivity contribution in [1.82, 2.24) is 4.98 Å². The molecule has 136 valence electrons. The van der Waals surface area contributed by atoms with Gasteiger partial charge in [0.15, 0.2) is 0 Å². The Morgan fingerprint density at radius 2 is 2.00 bits per heavy atom. The van der Waals surface area contributed by atoms with Gasteiger partial charge in [-0.3, -0.25) is 0 Å². The number of aromatic nitrogens is 1. The topological polar surface area (TPSA) is 72.2 Å². The third-order valence-electron chi connectivity index (χ3n) is 3.84. The monoisotopic (exact) mass is 426 g/mol. The zero-order valence-electron chi connectivity index (χ0n) is 15.1. The van der Waals surface area contributed by atoms with E-state index in [2.05, 4.69) is 11.1 Å². The second-order valence-electron chi connectivity index (χ2n) is 5.75. The number of nitrogens with zero attached hydrogens (tertiary/aromatic N) is 2. The maximum absolute atomic E-state index is 12.0. The van der Waals surface area contributed by atoms with Gasteiger partial charge in [0.1, 0.15) is 0 Å². The first-order valence-corrected chi connectivity index (χ1v) is 10.2. The molecule has 0 aliphatic rings. The number of carbonyl (C=O) groups excluding carboxylic acids is 1. The van der Waals surface area contributed by atoms with E-state index in [0.29, 0.717) is 34.7 Å². The average molecular weight is 425 g/mol. The summed E-state index contributed by atoms with van der Waals surface area (Å²) in [6.07, 6.45) is 0. The summed E-state index contributed by atoms with van der Waals surface area (Å²) >= 11 is -0.241. The molecule has 1 heterocycles. The normalized spacial score (nSPS) is 10.3. The van der Waals surface area contributed by atoms with E-state index in [0.717, 1.165) is 15.7 Å². The standard InChI is InChI=1S/C21H18N2O3Se/c1-3-25-21(24)19-14(2)23-20(27-19)16-9-10-18(17(11-16)12-22)26-13-15-7-5-4-6-8-15/h4-11H,3,13H2,1-2H3. The molecule has 3 aromatic rings. The molecule has 0 bridgehead atoms. The molecular weight excluding hydrogens is 407 g/mol. The van der Waals surface area contributed by atoms with E-state index in [1.54, 1.807) is 19.1 Å². The van der Waals surface area contributed by atoms with E-state index in [1.165, 1.54) is 0 Å². The van der Waals surface area contributed by atoms with E-state index >= 15 is 0 Å². The molecule has 0 amide bonds. The van der Waals surface area contributed by atoms with Crippen LogP contribution in [0.1, 0.15) is 33.0 Å².